The van der Waals surface area contributed by atoms with Crippen LogP contribution in [-0.4, -0.2) is 17.5 Å². The lowest BCUT2D eigenvalue weighted by atomic mass is 9.99. The molecule has 3 nitrogen and oxygen atoms in total. The summed E-state index contributed by atoms with van der Waals surface area (Å²) in [6.07, 6.45) is 1.34. The van der Waals surface area contributed by atoms with Crippen molar-refractivity contribution in [1.29, 1.82) is 0 Å². The van der Waals surface area contributed by atoms with E-state index in [9.17, 15) is 4.79 Å². The minimum atomic E-state index is -0.117. The van der Waals surface area contributed by atoms with Crippen LogP contribution in [0.25, 0.3) is 0 Å². The molecule has 0 aliphatic heterocycles. The minimum Gasteiger partial charge on any atom is -0.351 e. The molecular formula is C11H24N2O. The van der Waals surface area contributed by atoms with Gasteiger partial charge in [0.15, 0.2) is 0 Å². The molecule has 84 valence electrons. The van der Waals surface area contributed by atoms with Gasteiger partial charge in [0.25, 0.3) is 0 Å². The molecule has 0 radical (unpaired) electrons. The monoisotopic (exact) mass is 200 g/mol. The Labute approximate surface area is 87.4 Å². The van der Waals surface area contributed by atoms with Crippen LogP contribution in [0.15, 0.2) is 0 Å². The molecule has 0 aromatic carbocycles. The fraction of sp³-hybridized carbons (Fsp3) is 0.909. The largest absolute Gasteiger partial charge is 0.351 e. The zero-order chi connectivity index (χ0) is 11.4. The average molecular weight is 200 g/mol. The molecule has 1 atom stereocenters. The fourth-order valence-electron chi connectivity index (χ4n) is 0.967. The number of nitrogens with two attached hydrogens (primary N) is 1. The Morgan fingerprint density at radius 2 is 1.93 bits per heavy atom. The van der Waals surface area contributed by atoms with Crippen molar-refractivity contribution in [1.82, 2.24) is 5.32 Å². The molecule has 0 bridgehead atoms. The zero-order valence-corrected chi connectivity index (χ0v) is 10.1. The Bertz CT molecular complexity index is 188. The van der Waals surface area contributed by atoms with Gasteiger partial charge in [-0.05, 0) is 26.2 Å². The topological polar surface area (TPSA) is 55.1 Å². The van der Waals surface area contributed by atoms with Crippen LogP contribution in [0.3, 0.4) is 0 Å². The first-order chi connectivity index (χ1) is 6.28. The number of carbonyl (C=O) groups is 1. The lowest BCUT2D eigenvalue weighted by Crippen LogP contribution is -2.45. The van der Waals surface area contributed by atoms with E-state index in [1.165, 1.54) is 0 Å². The van der Waals surface area contributed by atoms with E-state index in [-0.39, 0.29) is 17.5 Å². The number of rotatable bonds is 5. The van der Waals surface area contributed by atoms with E-state index in [2.05, 4.69) is 12.2 Å². The lowest BCUT2D eigenvalue weighted by molar-refractivity contribution is -0.123. The lowest BCUT2D eigenvalue weighted by Gasteiger charge is -2.26. The normalized spacial score (nSPS) is 14.2. The fourth-order valence-corrected chi connectivity index (χ4v) is 0.967. The maximum absolute atomic E-state index is 11.5. The van der Waals surface area contributed by atoms with E-state index in [1.807, 2.05) is 27.7 Å². The van der Waals surface area contributed by atoms with Gasteiger partial charge >= 0.3 is 0 Å². The molecule has 0 aliphatic carbocycles. The number of carbonyl (C=O) groups excluding carboxylic acids is 1. The van der Waals surface area contributed by atoms with Crippen molar-refractivity contribution in [2.24, 2.45) is 11.7 Å². The summed E-state index contributed by atoms with van der Waals surface area (Å²) < 4.78 is 0. The van der Waals surface area contributed by atoms with Gasteiger partial charge in [-0.1, -0.05) is 20.8 Å². The first-order valence-electron chi connectivity index (χ1n) is 5.35. The van der Waals surface area contributed by atoms with Crippen molar-refractivity contribution >= 4 is 5.91 Å². The van der Waals surface area contributed by atoms with Crippen molar-refractivity contribution in [3.8, 4) is 0 Å². The standard InChI is InChI=1S/C11H24N2O/c1-6-11(4,5)13-10(14)7-9(12)8(2)3/h8-9H,6-7,12H2,1-5H3,(H,13,14). The van der Waals surface area contributed by atoms with E-state index >= 15 is 0 Å². The molecule has 0 saturated heterocycles. The van der Waals surface area contributed by atoms with E-state index < -0.39 is 0 Å². The first kappa shape index (κ1) is 13.4. The number of hydrogen-bond acceptors (Lipinski definition) is 2. The van der Waals surface area contributed by atoms with Crippen LogP contribution in [-0.2, 0) is 4.79 Å². The van der Waals surface area contributed by atoms with E-state index in [4.69, 9.17) is 5.73 Å². The Morgan fingerprint density at radius 3 is 2.29 bits per heavy atom. The van der Waals surface area contributed by atoms with Crippen molar-refractivity contribution in [3.05, 3.63) is 0 Å². The Hall–Kier alpha value is -0.570. The first-order valence-corrected chi connectivity index (χ1v) is 5.35. The summed E-state index contributed by atoms with van der Waals surface area (Å²) in [7, 11) is 0. The van der Waals surface area contributed by atoms with Gasteiger partial charge in [-0.3, -0.25) is 4.79 Å². The molecule has 0 heterocycles. The molecule has 3 N–H and O–H groups in total. The third kappa shape index (κ3) is 5.22. The summed E-state index contributed by atoms with van der Waals surface area (Å²) in [5.74, 6) is 0.406. The minimum absolute atomic E-state index is 0.0392. The van der Waals surface area contributed by atoms with E-state index in [1.54, 1.807) is 0 Å². The molecule has 0 rings (SSSR count). The summed E-state index contributed by atoms with van der Waals surface area (Å²) in [5.41, 5.74) is 5.70. The second kappa shape index (κ2) is 5.35. The van der Waals surface area contributed by atoms with Gasteiger partial charge in [0, 0.05) is 18.0 Å². The molecule has 0 fully saturated rings. The quantitative estimate of drug-likeness (QED) is 0.709. The number of amides is 1. The van der Waals surface area contributed by atoms with Crippen molar-refractivity contribution < 1.29 is 4.79 Å². The van der Waals surface area contributed by atoms with Crippen LogP contribution in [0.4, 0.5) is 0 Å². The molecule has 3 heteroatoms. The molecule has 14 heavy (non-hydrogen) atoms. The van der Waals surface area contributed by atoms with Crippen LogP contribution in [0, 0.1) is 5.92 Å². The number of nitrogens with one attached hydrogen (secondary N) is 1. The summed E-state index contributed by atoms with van der Waals surface area (Å²) >= 11 is 0. The van der Waals surface area contributed by atoms with Gasteiger partial charge in [0.05, 0.1) is 0 Å². The van der Waals surface area contributed by atoms with Gasteiger partial charge in [-0.25, -0.2) is 0 Å². The van der Waals surface area contributed by atoms with Gasteiger partial charge in [-0.15, -0.1) is 0 Å². The van der Waals surface area contributed by atoms with Crippen molar-refractivity contribution in [3.63, 3.8) is 0 Å². The Kier molecular flexibility index (Phi) is 5.13. The van der Waals surface area contributed by atoms with Gasteiger partial charge in [0.2, 0.25) is 5.91 Å². The molecule has 0 aromatic rings. The van der Waals surface area contributed by atoms with Gasteiger partial charge in [-0.2, -0.15) is 0 Å². The predicted molar refractivity (Wildman–Crippen MR) is 59.9 cm³/mol. The molecule has 0 saturated carbocycles. The highest BCUT2D eigenvalue weighted by molar-refractivity contribution is 5.77. The SMILES string of the molecule is CCC(C)(C)NC(=O)CC(N)C(C)C. The molecule has 0 aromatic heterocycles. The van der Waals surface area contributed by atoms with Crippen LogP contribution in [0.5, 0.6) is 0 Å². The zero-order valence-electron chi connectivity index (χ0n) is 10.1. The Morgan fingerprint density at radius 1 is 1.43 bits per heavy atom. The molecule has 0 spiro atoms. The summed E-state index contributed by atoms with van der Waals surface area (Å²) in [5, 5.41) is 2.97. The van der Waals surface area contributed by atoms with Crippen LogP contribution < -0.4 is 11.1 Å². The molecule has 0 aliphatic rings. The highest BCUT2D eigenvalue weighted by atomic mass is 16.1. The second-order valence-electron chi connectivity index (χ2n) is 4.90. The maximum atomic E-state index is 11.5. The summed E-state index contributed by atoms with van der Waals surface area (Å²) in [4.78, 5) is 11.5. The van der Waals surface area contributed by atoms with Crippen LogP contribution in [0.1, 0.15) is 47.5 Å². The van der Waals surface area contributed by atoms with Crippen LogP contribution >= 0.6 is 0 Å². The highest BCUT2D eigenvalue weighted by Crippen LogP contribution is 2.09. The second-order valence-corrected chi connectivity index (χ2v) is 4.90. The third-order valence-electron chi connectivity index (χ3n) is 2.64. The van der Waals surface area contributed by atoms with E-state index in [0.717, 1.165) is 6.42 Å². The average Bonchev–Trinajstić information content (AvgIpc) is 2.02. The van der Waals surface area contributed by atoms with E-state index in [0.29, 0.717) is 12.3 Å². The maximum Gasteiger partial charge on any atom is 0.221 e. The summed E-state index contributed by atoms with van der Waals surface area (Å²) in [6, 6.07) is -0.0392. The third-order valence-corrected chi connectivity index (χ3v) is 2.64. The van der Waals surface area contributed by atoms with Gasteiger partial charge < -0.3 is 11.1 Å². The Balaban J connectivity index is 3.99. The molecule has 1 amide bonds. The van der Waals surface area contributed by atoms with Crippen molar-refractivity contribution in [2.75, 3.05) is 0 Å². The number of hydrogen-bond donors (Lipinski definition) is 2. The van der Waals surface area contributed by atoms with Crippen LogP contribution in [0.2, 0.25) is 0 Å². The molecular weight excluding hydrogens is 176 g/mol. The van der Waals surface area contributed by atoms with Crippen molar-refractivity contribution in [2.45, 2.75) is 59.0 Å². The molecule has 1 unspecified atom stereocenters. The predicted octanol–water partition coefficient (Wildman–Crippen LogP) is 1.66. The highest BCUT2D eigenvalue weighted by Gasteiger charge is 2.20. The van der Waals surface area contributed by atoms with Gasteiger partial charge in [0.1, 0.15) is 0 Å². The smallest absolute Gasteiger partial charge is 0.221 e. The summed E-state index contributed by atoms with van der Waals surface area (Å²) in [6.45, 7) is 10.2.